The average molecular weight is 330 g/mol. The van der Waals surface area contributed by atoms with Crippen molar-refractivity contribution in [3.05, 3.63) is 23.8 Å². The Morgan fingerprint density at radius 2 is 1.95 bits per heavy atom. The van der Waals surface area contributed by atoms with Crippen molar-refractivity contribution in [1.29, 1.82) is 0 Å². The third-order valence-electron chi connectivity index (χ3n) is 3.08. The van der Waals surface area contributed by atoms with E-state index in [0.717, 1.165) is 10.9 Å². The van der Waals surface area contributed by atoms with Crippen molar-refractivity contribution in [3.8, 4) is 11.5 Å². The minimum atomic E-state index is 0.0826. The Bertz CT molecular complexity index is 437. The van der Waals surface area contributed by atoms with Gasteiger partial charge < -0.3 is 14.4 Å². The maximum absolute atomic E-state index is 12.1. The molecule has 0 spiro atoms. The number of carbonyl (C=O) groups excluding carboxylic acids is 1. The number of alkyl halides is 1. The van der Waals surface area contributed by atoms with Crippen LogP contribution < -0.4 is 9.47 Å². The number of hydrogen-bond donors (Lipinski definition) is 0. The molecule has 106 valence electrons. The number of likely N-dealkylation sites (N-methyl/N-ethyl adjacent to an activating group) is 1. The predicted molar refractivity (Wildman–Crippen MR) is 79.3 cm³/mol. The SMILES string of the molecule is COc1ccc(CC(=O)N(C)C(C)CBr)cc1OC. The van der Waals surface area contributed by atoms with Gasteiger partial charge in [0.05, 0.1) is 20.6 Å². The number of rotatable bonds is 6. The zero-order valence-corrected chi connectivity index (χ0v) is 13.4. The predicted octanol–water partition coefficient (Wildman–Crippen LogP) is 2.49. The van der Waals surface area contributed by atoms with Crippen molar-refractivity contribution in [2.24, 2.45) is 0 Å². The summed E-state index contributed by atoms with van der Waals surface area (Å²) < 4.78 is 10.4. The maximum atomic E-state index is 12.1. The van der Waals surface area contributed by atoms with Crippen molar-refractivity contribution in [2.45, 2.75) is 19.4 Å². The number of ether oxygens (including phenoxy) is 2. The number of methoxy groups -OCH3 is 2. The summed E-state index contributed by atoms with van der Waals surface area (Å²) in [4.78, 5) is 13.8. The molecule has 0 N–H and O–H groups in total. The van der Waals surface area contributed by atoms with Gasteiger partial charge in [0.2, 0.25) is 5.91 Å². The molecule has 1 aromatic rings. The lowest BCUT2D eigenvalue weighted by molar-refractivity contribution is -0.130. The highest BCUT2D eigenvalue weighted by molar-refractivity contribution is 9.09. The van der Waals surface area contributed by atoms with Crippen LogP contribution in [0.25, 0.3) is 0 Å². The Morgan fingerprint density at radius 3 is 2.47 bits per heavy atom. The van der Waals surface area contributed by atoms with Crippen LogP contribution in [0.3, 0.4) is 0 Å². The molecule has 1 atom stereocenters. The quantitative estimate of drug-likeness (QED) is 0.752. The molecule has 4 nitrogen and oxygen atoms in total. The summed E-state index contributed by atoms with van der Waals surface area (Å²) in [5, 5.41) is 0.765. The first-order valence-corrected chi connectivity index (χ1v) is 7.18. The summed E-state index contributed by atoms with van der Waals surface area (Å²) in [6.07, 6.45) is 0.355. The fraction of sp³-hybridized carbons (Fsp3) is 0.500. The van der Waals surface area contributed by atoms with Crippen LogP contribution >= 0.6 is 15.9 Å². The molecule has 0 aliphatic carbocycles. The second-order valence-electron chi connectivity index (χ2n) is 4.37. The molecule has 19 heavy (non-hydrogen) atoms. The van der Waals surface area contributed by atoms with E-state index in [9.17, 15) is 4.79 Å². The van der Waals surface area contributed by atoms with E-state index in [-0.39, 0.29) is 11.9 Å². The summed E-state index contributed by atoms with van der Waals surface area (Å²) in [6, 6.07) is 5.71. The molecule has 5 heteroatoms. The highest BCUT2D eigenvalue weighted by Crippen LogP contribution is 2.27. The zero-order chi connectivity index (χ0) is 14.4. The number of hydrogen-bond acceptors (Lipinski definition) is 3. The Morgan fingerprint density at radius 1 is 1.32 bits per heavy atom. The Balaban J connectivity index is 2.80. The van der Waals surface area contributed by atoms with E-state index in [2.05, 4.69) is 15.9 Å². The summed E-state index contributed by atoms with van der Waals surface area (Å²) in [5.41, 5.74) is 0.913. The molecule has 1 unspecified atom stereocenters. The smallest absolute Gasteiger partial charge is 0.227 e. The average Bonchev–Trinajstić information content (AvgIpc) is 2.45. The number of nitrogens with zero attached hydrogens (tertiary/aromatic N) is 1. The van der Waals surface area contributed by atoms with Gasteiger partial charge in [-0.3, -0.25) is 4.79 Å². The van der Waals surface area contributed by atoms with E-state index in [1.165, 1.54) is 0 Å². The Hall–Kier alpha value is -1.23. The van der Waals surface area contributed by atoms with Crippen LogP contribution in [0.15, 0.2) is 18.2 Å². The summed E-state index contributed by atoms with van der Waals surface area (Å²) in [5.74, 6) is 1.39. The van der Waals surface area contributed by atoms with Gasteiger partial charge in [0, 0.05) is 18.4 Å². The molecular formula is C14H20BrNO3. The molecule has 1 aromatic carbocycles. The zero-order valence-electron chi connectivity index (χ0n) is 11.8. The first kappa shape index (κ1) is 15.8. The van der Waals surface area contributed by atoms with Crippen LogP contribution in [0.4, 0.5) is 0 Å². The molecule has 0 radical (unpaired) electrons. The van der Waals surface area contributed by atoms with Crippen LogP contribution in [-0.2, 0) is 11.2 Å². The highest BCUT2D eigenvalue weighted by atomic mass is 79.9. The van der Waals surface area contributed by atoms with Gasteiger partial charge in [-0.2, -0.15) is 0 Å². The monoisotopic (exact) mass is 329 g/mol. The number of carbonyl (C=O) groups is 1. The van der Waals surface area contributed by atoms with Crippen molar-refractivity contribution >= 4 is 21.8 Å². The lowest BCUT2D eigenvalue weighted by atomic mass is 10.1. The van der Waals surface area contributed by atoms with Gasteiger partial charge in [0.15, 0.2) is 11.5 Å². The fourth-order valence-electron chi connectivity index (χ4n) is 1.64. The summed E-state index contributed by atoms with van der Waals surface area (Å²) in [7, 11) is 4.99. The van der Waals surface area contributed by atoms with Gasteiger partial charge in [-0.1, -0.05) is 22.0 Å². The highest BCUT2D eigenvalue weighted by Gasteiger charge is 2.16. The third-order valence-corrected chi connectivity index (χ3v) is 4.02. The summed E-state index contributed by atoms with van der Waals surface area (Å²) >= 11 is 3.38. The van der Waals surface area contributed by atoms with Gasteiger partial charge in [-0.25, -0.2) is 0 Å². The molecule has 0 aliphatic rings. The molecule has 0 saturated carbocycles. The second kappa shape index (κ2) is 7.38. The van der Waals surface area contributed by atoms with E-state index in [0.29, 0.717) is 17.9 Å². The Kier molecular flexibility index (Phi) is 6.15. The van der Waals surface area contributed by atoms with E-state index in [4.69, 9.17) is 9.47 Å². The van der Waals surface area contributed by atoms with Gasteiger partial charge in [-0.05, 0) is 24.6 Å². The Labute approximate surface area is 122 Å². The van der Waals surface area contributed by atoms with E-state index >= 15 is 0 Å². The molecule has 0 fully saturated rings. The van der Waals surface area contributed by atoms with Crippen LogP contribution in [0.2, 0.25) is 0 Å². The number of amides is 1. The first-order chi connectivity index (χ1) is 9.03. The van der Waals surface area contributed by atoms with Gasteiger partial charge in [-0.15, -0.1) is 0 Å². The minimum absolute atomic E-state index is 0.0826. The van der Waals surface area contributed by atoms with Crippen LogP contribution in [0.5, 0.6) is 11.5 Å². The normalized spacial score (nSPS) is 11.8. The molecule has 0 bridgehead atoms. The van der Waals surface area contributed by atoms with Crippen molar-refractivity contribution < 1.29 is 14.3 Å². The minimum Gasteiger partial charge on any atom is -0.493 e. The van der Waals surface area contributed by atoms with Crippen LogP contribution in [0.1, 0.15) is 12.5 Å². The molecule has 0 heterocycles. The van der Waals surface area contributed by atoms with Crippen molar-refractivity contribution in [2.75, 3.05) is 26.6 Å². The largest absolute Gasteiger partial charge is 0.493 e. The molecule has 0 saturated heterocycles. The van der Waals surface area contributed by atoms with Crippen LogP contribution in [0, 0.1) is 0 Å². The summed E-state index contributed by atoms with van der Waals surface area (Å²) in [6.45, 7) is 2.00. The van der Waals surface area contributed by atoms with Gasteiger partial charge >= 0.3 is 0 Å². The molecule has 0 aliphatic heterocycles. The molecular weight excluding hydrogens is 310 g/mol. The first-order valence-electron chi connectivity index (χ1n) is 6.06. The standard InChI is InChI=1S/C14H20BrNO3/c1-10(9-15)16(2)14(17)8-11-5-6-12(18-3)13(7-11)19-4/h5-7,10H,8-9H2,1-4H3. The third kappa shape index (κ3) is 4.13. The van der Waals surface area contributed by atoms with E-state index < -0.39 is 0 Å². The molecule has 1 rings (SSSR count). The topological polar surface area (TPSA) is 38.8 Å². The lowest BCUT2D eigenvalue weighted by Crippen LogP contribution is -2.37. The van der Waals surface area contributed by atoms with Gasteiger partial charge in [0.1, 0.15) is 0 Å². The van der Waals surface area contributed by atoms with E-state index in [1.54, 1.807) is 19.1 Å². The second-order valence-corrected chi connectivity index (χ2v) is 5.02. The van der Waals surface area contributed by atoms with E-state index in [1.807, 2.05) is 32.2 Å². The number of benzene rings is 1. The van der Waals surface area contributed by atoms with Crippen molar-refractivity contribution in [3.63, 3.8) is 0 Å². The lowest BCUT2D eigenvalue weighted by Gasteiger charge is -2.23. The fourth-order valence-corrected chi connectivity index (χ4v) is 2.07. The molecule has 0 aromatic heterocycles. The number of halogens is 1. The maximum Gasteiger partial charge on any atom is 0.227 e. The van der Waals surface area contributed by atoms with Gasteiger partial charge in [0.25, 0.3) is 0 Å². The van der Waals surface area contributed by atoms with Crippen molar-refractivity contribution in [1.82, 2.24) is 4.90 Å². The molecule has 1 amide bonds. The van der Waals surface area contributed by atoms with Crippen LogP contribution in [-0.4, -0.2) is 43.4 Å².